The molecule has 0 unspecified atom stereocenters. The van der Waals surface area contributed by atoms with Crippen molar-refractivity contribution in [3.63, 3.8) is 0 Å². The van der Waals surface area contributed by atoms with Gasteiger partial charge in [-0.05, 0) is 35.9 Å². The summed E-state index contributed by atoms with van der Waals surface area (Å²) in [6.45, 7) is 4.36. The van der Waals surface area contributed by atoms with E-state index >= 15 is 0 Å². The Hall–Kier alpha value is -3.84. The molecule has 2 aromatic carbocycles. The second-order valence-electron chi connectivity index (χ2n) is 9.28. The molecule has 1 fully saturated rings. The summed E-state index contributed by atoms with van der Waals surface area (Å²) in [4.78, 5) is 15.0. The fourth-order valence-electron chi connectivity index (χ4n) is 4.69. The minimum Gasteiger partial charge on any atom is -0.379 e. The van der Waals surface area contributed by atoms with Gasteiger partial charge in [-0.25, -0.2) is 27.2 Å². The molecule has 11 nitrogen and oxygen atoms in total. The van der Waals surface area contributed by atoms with Crippen LogP contribution in [0.1, 0.15) is 11.4 Å². The molecule has 0 atom stereocenters. The molecular weight excluding hydrogens is 504 g/mol. The largest absolute Gasteiger partial charge is 0.379 e. The molecule has 1 aliphatic heterocycles. The van der Waals surface area contributed by atoms with Gasteiger partial charge >= 0.3 is 0 Å². The zero-order chi connectivity index (χ0) is 26.1. The maximum absolute atomic E-state index is 11.4. The first-order valence-electron chi connectivity index (χ1n) is 12.4. The van der Waals surface area contributed by atoms with Crippen molar-refractivity contribution in [2.24, 2.45) is 0 Å². The van der Waals surface area contributed by atoms with E-state index in [0.717, 1.165) is 77.7 Å². The fraction of sp³-hybridized carbons (Fsp3) is 0.269. The van der Waals surface area contributed by atoms with E-state index in [2.05, 4.69) is 20.2 Å². The van der Waals surface area contributed by atoms with Gasteiger partial charge in [0.15, 0.2) is 0 Å². The van der Waals surface area contributed by atoms with E-state index in [0.29, 0.717) is 5.95 Å². The van der Waals surface area contributed by atoms with Gasteiger partial charge in [0.05, 0.1) is 48.2 Å². The Morgan fingerprint density at radius 1 is 1.11 bits per heavy atom. The van der Waals surface area contributed by atoms with E-state index in [-0.39, 0.29) is 6.54 Å². The van der Waals surface area contributed by atoms with E-state index in [1.165, 1.54) is 4.31 Å². The Labute approximate surface area is 221 Å². The van der Waals surface area contributed by atoms with Crippen molar-refractivity contribution in [1.29, 1.82) is 0 Å². The van der Waals surface area contributed by atoms with Crippen molar-refractivity contribution >= 4 is 39.1 Å². The zero-order valence-corrected chi connectivity index (χ0v) is 21.8. The Balaban J connectivity index is 1.26. The third-order valence-corrected chi connectivity index (χ3v) is 7.33. The van der Waals surface area contributed by atoms with Crippen molar-refractivity contribution < 1.29 is 13.2 Å². The van der Waals surface area contributed by atoms with Crippen molar-refractivity contribution in [2.45, 2.75) is 13.1 Å². The van der Waals surface area contributed by atoms with Crippen LogP contribution in [0.4, 0.5) is 11.6 Å². The van der Waals surface area contributed by atoms with E-state index in [1.807, 2.05) is 59.1 Å². The predicted molar refractivity (Wildman–Crippen MR) is 146 cm³/mol. The second-order valence-corrected chi connectivity index (χ2v) is 10.4. The lowest BCUT2D eigenvalue weighted by molar-refractivity contribution is 0.0332. The van der Waals surface area contributed by atoms with Gasteiger partial charge in [0.1, 0.15) is 5.82 Å². The normalized spacial score (nSPS) is 14.7. The molecule has 2 N–H and O–H groups in total. The van der Waals surface area contributed by atoms with Crippen molar-refractivity contribution in [2.75, 3.05) is 38.7 Å². The van der Waals surface area contributed by atoms with Crippen LogP contribution < -0.4 is 5.32 Å². The molecule has 1 saturated heterocycles. The maximum atomic E-state index is 11.4. The number of nitrogens with zero attached hydrogens (tertiary/aromatic N) is 6. The van der Waals surface area contributed by atoms with Gasteiger partial charge in [-0.3, -0.25) is 4.90 Å². The van der Waals surface area contributed by atoms with Crippen LogP contribution in [0, 0.1) is 0 Å². The molecule has 3 aromatic heterocycles. The molecule has 0 aliphatic carbocycles. The van der Waals surface area contributed by atoms with Crippen LogP contribution in [0.2, 0.25) is 0 Å². The average molecular weight is 533 g/mol. The summed E-state index contributed by atoms with van der Waals surface area (Å²) in [5.74, 6) is 1.37. The number of hydrogen-bond acceptors (Lipinski definition) is 8. The highest BCUT2D eigenvalue weighted by Gasteiger charge is 2.15. The van der Waals surface area contributed by atoms with Crippen LogP contribution >= 0.6 is 0 Å². The van der Waals surface area contributed by atoms with Gasteiger partial charge < -0.3 is 15.0 Å². The van der Waals surface area contributed by atoms with Crippen molar-refractivity contribution in [3.05, 3.63) is 72.2 Å². The van der Waals surface area contributed by atoms with Crippen molar-refractivity contribution in [3.8, 4) is 11.3 Å². The molecule has 0 spiro atoms. The molecule has 0 radical (unpaired) electrons. The summed E-state index contributed by atoms with van der Waals surface area (Å²) in [5.41, 5.74) is 6.17. The van der Waals surface area contributed by atoms with Crippen LogP contribution in [0.3, 0.4) is 0 Å². The van der Waals surface area contributed by atoms with Gasteiger partial charge in [-0.1, -0.05) is 24.3 Å². The molecule has 1 aliphatic rings. The third kappa shape index (κ3) is 5.11. The summed E-state index contributed by atoms with van der Waals surface area (Å²) >= 11 is 0. The predicted octanol–water partition coefficient (Wildman–Crippen LogP) is 2.81. The van der Waals surface area contributed by atoms with Crippen molar-refractivity contribution in [1.82, 2.24) is 33.8 Å². The molecule has 38 heavy (non-hydrogen) atoms. The number of benzene rings is 2. The number of morpholine rings is 1. The van der Waals surface area contributed by atoms with Gasteiger partial charge in [-0.2, -0.15) is 0 Å². The monoisotopic (exact) mass is 532 g/mol. The van der Waals surface area contributed by atoms with Crippen LogP contribution in [0.25, 0.3) is 27.8 Å². The zero-order valence-electron chi connectivity index (χ0n) is 20.9. The number of rotatable bonds is 8. The number of thiol groups is 1. The van der Waals surface area contributed by atoms with Crippen LogP contribution in [0.5, 0.6) is 0 Å². The van der Waals surface area contributed by atoms with Crippen LogP contribution in [0.15, 0.2) is 60.8 Å². The molecule has 0 amide bonds. The molecule has 4 heterocycles. The molecule has 196 valence electrons. The summed E-state index contributed by atoms with van der Waals surface area (Å²) in [6.07, 6.45) is 1.76. The summed E-state index contributed by atoms with van der Waals surface area (Å²) in [7, 11) is -1.10. The molecule has 5 aromatic rings. The molecule has 6 rings (SSSR count). The van der Waals surface area contributed by atoms with Gasteiger partial charge in [0.25, 0.3) is 0 Å². The molecule has 0 saturated carbocycles. The first kappa shape index (κ1) is 24.5. The first-order valence-corrected chi connectivity index (χ1v) is 13.5. The summed E-state index contributed by atoms with van der Waals surface area (Å²) in [5, 5.41) is 8.04. The highest BCUT2D eigenvalue weighted by molar-refractivity contribution is 7.69. The maximum Gasteiger partial charge on any atom is 0.245 e. The number of ether oxygens (including phenoxy) is 1. The smallest absolute Gasteiger partial charge is 0.245 e. The lowest BCUT2D eigenvalue weighted by Gasteiger charge is -2.25. The highest BCUT2D eigenvalue weighted by atomic mass is 32.2. The molecular formula is C26H28N8O3S. The number of aromatic amines is 1. The number of nitrogens with one attached hydrogen (secondary N) is 2. The second kappa shape index (κ2) is 10.5. The highest BCUT2D eigenvalue weighted by Crippen LogP contribution is 2.27. The first-order chi connectivity index (χ1) is 18.5. The Morgan fingerprint density at radius 3 is 2.79 bits per heavy atom. The Bertz CT molecular complexity index is 1660. The lowest BCUT2D eigenvalue weighted by Crippen LogP contribution is -2.35. The number of imidazole rings is 1. The standard InChI is InChI=1S/C26H28N8O3S/c1-32(38(35)36)16-18-4-2-3-5-21(18)24-9-7-20-15-27-26(31-34(20)24)28-19-6-8-22-23(14-19)30-25(29-22)17-33-10-12-37-13-11-33/h2-9,14-15,38H,10-13,16-17H2,1H3,(H,28,31)(H,29,30). The van der Waals surface area contributed by atoms with E-state index in [1.54, 1.807) is 13.2 Å². The van der Waals surface area contributed by atoms with Gasteiger partial charge in [0, 0.05) is 37.9 Å². The third-order valence-electron chi connectivity index (χ3n) is 6.63. The number of H-pyrrole nitrogens is 1. The molecule has 12 heteroatoms. The fourth-order valence-corrected chi connectivity index (χ4v) is 4.96. The SMILES string of the molecule is CN(Cc1ccccc1-c1ccc2cnc(Nc3ccc4nc(CN5CCOCC5)[nH]c4c3)nn12)[SH](=O)=O. The number of aromatic nitrogens is 5. The van der Waals surface area contributed by atoms with E-state index in [9.17, 15) is 8.42 Å². The van der Waals surface area contributed by atoms with E-state index in [4.69, 9.17) is 14.8 Å². The van der Waals surface area contributed by atoms with E-state index < -0.39 is 10.9 Å². The van der Waals surface area contributed by atoms with Gasteiger partial charge in [-0.15, -0.1) is 5.10 Å². The number of hydrogen-bond donors (Lipinski definition) is 3. The topological polar surface area (TPSA) is 121 Å². The average Bonchev–Trinajstić information content (AvgIpc) is 3.52. The minimum atomic E-state index is -2.66. The van der Waals surface area contributed by atoms with Crippen LogP contribution in [-0.4, -0.2) is 75.5 Å². The minimum absolute atomic E-state index is 0.274. The Morgan fingerprint density at radius 2 is 1.95 bits per heavy atom. The quantitative estimate of drug-likeness (QED) is 0.261. The summed E-state index contributed by atoms with van der Waals surface area (Å²) < 4.78 is 31.4. The lowest BCUT2D eigenvalue weighted by atomic mass is 10.0. The van der Waals surface area contributed by atoms with Gasteiger partial charge in [0.2, 0.25) is 16.8 Å². The number of anilines is 2. The summed E-state index contributed by atoms with van der Waals surface area (Å²) in [6, 6.07) is 17.6. The molecule has 0 bridgehead atoms. The van der Waals surface area contributed by atoms with Crippen LogP contribution in [-0.2, 0) is 28.7 Å². The Kier molecular flexibility index (Phi) is 6.77. The number of fused-ring (bicyclic) bond motifs is 2.